The number of nitrogens with zero attached hydrogens (tertiary/aromatic N) is 2. The highest BCUT2D eigenvalue weighted by molar-refractivity contribution is 6.04. The Balaban J connectivity index is 1.49. The first-order chi connectivity index (χ1) is 11.1. The summed E-state index contributed by atoms with van der Waals surface area (Å²) in [4.78, 5) is 30.8. The summed E-state index contributed by atoms with van der Waals surface area (Å²) in [6.45, 7) is 1.47. The molecule has 2 amide bonds. The molecular formula is C16H18FN3O3. The van der Waals surface area contributed by atoms with E-state index in [-0.39, 0.29) is 30.6 Å². The quantitative estimate of drug-likeness (QED) is 0.902. The van der Waals surface area contributed by atoms with Crippen LogP contribution in [0, 0.1) is 5.82 Å². The minimum Gasteiger partial charge on any atom is -0.382 e. The number of carbonyl (C=O) groups is 2. The van der Waals surface area contributed by atoms with Crippen molar-refractivity contribution in [3.05, 3.63) is 35.6 Å². The van der Waals surface area contributed by atoms with Gasteiger partial charge in [0.25, 0.3) is 5.91 Å². The maximum absolute atomic E-state index is 13.2. The lowest BCUT2D eigenvalue weighted by Crippen LogP contribution is -2.42. The van der Waals surface area contributed by atoms with Gasteiger partial charge in [0.15, 0.2) is 0 Å². The first-order valence-corrected chi connectivity index (χ1v) is 7.67. The van der Waals surface area contributed by atoms with E-state index in [4.69, 9.17) is 4.84 Å². The zero-order valence-electron chi connectivity index (χ0n) is 12.6. The van der Waals surface area contributed by atoms with Crippen LogP contribution in [0.4, 0.5) is 4.39 Å². The third kappa shape index (κ3) is 3.67. The third-order valence-electron chi connectivity index (χ3n) is 3.99. The fourth-order valence-corrected chi connectivity index (χ4v) is 2.71. The van der Waals surface area contributed by atoms with Crippen LogP contribution in [0.3, 0.4) is 0 Å². The Hall–Kier alpha value is -2.44. The van der Waals surface area contributed by atoms with E-state index < -0.39 is 6.10 Å². The summed E-state index contributed by atoms with van der Waals surface area (Å²) in [6.07, 6.45) is 1.50. The highest BCUT2D eigenvalue weighted by Crippen LogP contribution is 2.17. The van der Waals surface area contributed by atoms with Gasteiger partial charge in [-0.25, -0.2) is 4.39 Å². The molecule has 1 fully saturated rings. The number of hydrogen-bond donors (Lipinski definition) is 1. The van der Waals surface area contributed by atoms with Crippen molar-refractivity contribution >= 4 is 17.5 Å². The molecule has 1 aromatic rings. The van der Waals surface area contributed by atoms with Crippen LogP contribution < -0.4 is 5.32 Å². The average Bonchev–Trinajstić information content (AvgIpc) is 3.23. The Morgan fingerprint density at radius 2 is 2.13 bits per heavy atom. The van der Waals surface area contributed by atoms with E-state index in [1.807, 2.05) is 0 Å². The summed E-state index contributed by atoms with van der Waals surface area (Å²) >= 11 is 0. The Kier molecular flexibility index (Phi) is 4.55. The molecule has 0 saturated carbocycles. The standard InChI is InChI=1S/C16H18FN3O3/c17-12-5-3-4-11(8-12)13-9-14(23-19-13)16(22)18-10-15(21)20-6-1-2-7-20/h3-5,8,14H,1-2,6-7,9-10H2,(H,18,22)/t14-/m0/s1. The second-order valence-electron chi connectivity index (χ2n) is 5.65. The van der Waals surface area contributed by atoms with Crippen LogP contribution in [0.2, 0.25) is 0 Å². The van der Waals surface area contributed by atoms with Crippen molar-refractivity contribution in [1.82, 2.24) is 10.2 Å². The molecule has 6 nitrogen and oxygen atoms in total. The maximum Gasteiger partial charge on any atom is 0.264 e. The summed E-state index contributed by atoms with van der Waals surface area (Å²) in [5.41, 5.74) is 1.11. The summed E-state index contributed by atoms with van der Waals surface area (Å²) in [6, 6.07) is 5.98. The normalized spacial score (nSPS) is 20.1. The van der Waals surface area contributed by atoms with Crippen LogP contribution in [0.15, 0.2) is 29.4 Å². The van der Waals surface area contributed by atoms with Crippen molar-refractivity contribution in [3.63, 3.8) is 0 Å². The van der Waals surface area contributed by atoms with Gasteiger partial charge in [0.05, 0.1) is 12.3 Å². The predicted octanol–water partition coefficient (Wildman–Crippen LogP) is 1.06. The second-order valence-corrected chi connectivity index (χ2v) is 5.65. The van der Waals surface area contributed by atoms with Gasteiger partial charge in [-0.3, -0.25) is 9.59 Å². The van der Waals surface area contributed by atoms with Crippen molar-refractivity contribution < 1.29 is 18.8 Å². The molecule has 122 valence electrons. The number of benzene rings is 1. The molecular weight excluding hydrogens is 301 g/mol. The molecule has 3 rings (SSSR count). The molecule has 1 N–H and O–H groups in total. The zero-order chi connectivity index (χ0) is 16.2. The van der Waals surface area contributed by atoms with Crippen molar-refractivity contribution in [2.24, 2.45) is 5.16 Å². The van der Waals surface area contributed by atoms with Crippen LogP contribution >= 0.6 is 0 Å². The van der Waals surface area contributed by atoms with Gasteiger partial charge in [0.2, 0.25) is 12.0 Å². The van der Waals surface area contributed by atoms with Crippen molar-refractivity contribution in [1.29, 1.82) is 0 Å². The number of oxime groups is 1. The van der Waals surface area contributed by atoms with E-state index in [0.29, 0.717) is 11.3 Å². The molecule has 7 heteroatoms. The molecule has 2 heterocycles. The number of nitrogens with one attached hydrogen (secondary N) is 1. The second kappa shape index (κ2) is 6.76. The van der Waals surface area contributed by atoms with Crippen LogP contribution in [0.25, 0.3) is 0 Å². The molecule has 1 atom stereocenters. The summed E-state index contributed by atoms with van der Waals surface area (Å²) in [5.74, 6) is -0.831. The average molecular weight is 319 g/mol. The lowest BCUT2D eigenvalue weighted by atomic mass is 10.0. The first-order valence-electron chi connectivity index (χ1n) is 7.67. The van der Waals surface area contributed by atoms with Crippen LogP contribution in [-0.2, 0) is 14.4 Å². The summed E-state index contributed by atoms with van der Waals surface area (Å²) < 4.78 is 13.2. The molecule has 2 aliphatic rings. The predicted molar refractivity (Wildman–Crippen MR) is 81.3 cm³/mol. The van der Waals surface area contributed by atoms with Crippen LogP contribution in [0.1, 0.15) is 24.8 Å². The number of carbonyl (C=O) groups excluding carboxylic acids is 2. The number of amides is 2. The highest BCUT2D eigenvalue weighted by atomic mass is 19.1. The number of halogens is 1. The molecule has 0 spiro atoms. The van der Waals surface area contributed by atoms with Gasteiger partial charge in [-0.15, -0.1) is 0 Å². The SMILES string of the molecule is O=C(NCC(=O)N1CCCC1)[C@@H]1CC(c2cccc(F)c2)=NO1. The Labute approximate surface area is 133 Å². The van der Waals surface area contributed by atoms with Gasteiger partial charge in [0, 0.05) is 25.1 Å². The molecule has 0 radical (unpaired) electrons. The van der Waals surface area contributed by atoms with E-state index in [0.717, 1.165) is 25.9 Å². The number of hydrogen-bond acceptors (Lipinski definition) is 4. The lowest BCUT2D eigenvalue weighted by Gasteiger charge is -2.16. The first kappa shape index (κ1) is 15.5. The number of rotatable bonds is 4. The molecule has 0 aromatic heterocycles. The van der Waals surface area contributed by atoms with Crippen molar-refractivity contribution in [2.45, 2.75) is 25.4 Å². The summed E-state index contributed by atoms with van der Waals surface area (Å²) in [7, 11) is 0. The fourth-order valence-electron chi connectivity index (χ4n) is 2.71. The Morgan fingerprint density at radius 1 is 1.35 bits per heavy atom. The van der Waals surface area contributed by atoms with Crippen LogP contribution in [-0.4, -0.2) is 48.2 Å². The summed E-state index contributed by atoms with van der Waals surface area (Å²) in [5, 5.41) is 6.43. The monoisotopic (exact) mass is 319 g/mol. The third-order valence-corrected chi connectivity index (χ3v) is 3.99. The van der Waals surface area contributed by atoms with Gasteiger partial charge in [-0.05, 0) is 25.0 Å². The molecule has 0 aliphatic carbocycles. The minimum atomic E-state index is -0.778. The topological polar surface area (TPSA) is 71.0 Å². The van der Waals surface area contributed by atoms with E-state index in [2.05, 4.69) is 10.5 Å². The van der Waals surface area contributed by atoms with E-state index >= 15 is 0 Å². The largest absolute Gasteiger partial charge is 0.382 e. The minimum absolute atomic E-state index is 0.0337. The zero-order valence-corrected chi connectivity index (χ0v) is 12.6. The van der Waals surface area contributed by atoms with Gasteiger partial charge >= 0.3 is 0 Å². The van der Waals surface area contributed by atoms with Crippen LogP contribution in [0.5, 0.6) is 0 Å². The Bertz CT molecular complexity index is 641. The van der Waals surface area contributed by atoms with E-state index in [1.54, 1.807) is 17.0 Å². The molecule has 0 unspecified atom stereocenters. The maximum atomic E-state index is 13.2. The molecule has 1 aromatic carbocycles. The Morgan fingerprint density at radius 3 is 2.87 bits per heavy atom. The van der Waals surface area contributed by atoms with Gasteiger partial charge in [-0.1, -0.05) is 17.3 Å². The molecule has 1 saturated heterocycles. The molecule has 2 aliphatic heterocycles. The van der Waals surface area contributed by atoms with Gasteiger partial charge in [0.1, 0.15) is 5.82 Å². The molecule has 23 heavy (non-hydrogen) atoms. The van der Waals surface area contributed by atoms with Gasteiger partial charge in [-0.2, -0.15) is 0 Å². The highest BCUT2D eigenvalue weighted by Gasteiger charge is 2.29. The molecule has 0 bridgehead atoms. The lowest BCUT2D eigenvalue weighted by molar-refractivity contribution is -0.136. The smallest absolute Gasteiger partial charge is 0.264 e. The van der Waals surface area contributed by atoms with Crippen molar-refractivity contribution in [3.8, 4) is 0 Å². The van der Waals surface area contributed by atoms with E-state index in [1.165, 1.54) is 12.1 Å². The van der Waals surface area contributed by atoms with E-state index in [9.17, 15) is 14.0 Å². The number of likely N-dealkylation sites (tertiary alicyclic amines) is 1. The van der Waals surface area contributed by atoms with Gasteiger partial charge < -0.3 is 15.1 Å². The fraction of sp³-hybridized carbons (Fsp3) is 0.438. The van der Waals surface area contributed by atoms with Crippen molar-refractivity contribution in [2.75, 3.05) is 19.6 Å².